The van der Waals surface area contributed by atoms with E-state index in [0.717, 1.165) is 36.9 Å². The fraction of sp³-hybridized carbons (Fsp3) is 0.647. The van der Waals surface area contributed by atoms with E-state index in [9.17, 15) is 0 Å². The molecular weight excluding hydrogens is 250 g/mol. The first kappa shape index (κ1) is 16.8. The van der Waals surface area contributed by atoms with E-state index in [2.05, 4.69) is 19.9 Å². The third kappa shape index (κ3) is 6.29. The number of hydrogen-bond acceptors (Lipinski definition) is 3. The summed E-state index contributed by atoms with van der Waals surface area (Å²) in [6.45, 7) is 9.84. The average molecular weight is 279 g/mol. The van der Waals surface area contributed by atoms with Gasteiger partial charge in [0.15, 0.2) is 11.5 Å². The van der Waals surface area contributed by atoms with Crippen molar-refractivity contribution >= 4 is 0 Å². The topological polar surface area (TPSA) is 44.5 Å². The Morgan fingerprint density at radius 3 is 2.45 bits per heavy atom. The maximum Gasteiger partial charge on any atom is 0.161 e. The van der Waals surface area contributed by atoms with Gasteiger partial charge in [-0.3, -0.25) is 0 Å². The van der Waals surface area contributed by atoms with Gasteiger partial charge in [0.25, 0.3) is 0 Å². The van der Waals surface area contributed by atoms with Crippen LogP contribution in [0.5, 0.6) is 11.5 Å². The summed E-state index contributed by atoms with van der Waals surface area (Å²) in [6, 6.07) is 6.27. The van der Waals surface area contributed by atoms with Crippen molar-refractivity contribution in [2.75, 3.05) is 13.2 Å². The van der Waals surface area contributed by atoms with Crippen LogP contribution in [0.25, 0.3) is 0 Å². The highest BCUT2D eigenvalue weighted by atomic mass is 16.5. The van der Waals surface area contributed by atoms with Crippen molar-refractivity contribution in [3.8, 4) is 11.5 Å². The Bertz CT molecular complexity index is 389. The predicted molar refractivity (Wildman–Crippen MR) is 84.5 cm³/mol. The first-order valence-corrected chi connectivity index (χ1v) is 7.67. The lowest BCUT2D eigenvalue weighted by atomic mass is 10.1. The van der Waals surface area contributed by atoms with Crippen molar-refractivity contribution in [3.63, 3.8) is 0 Å². The molecule has 0 aliphatic heterocycles. The van der Waals surface area contributed by atoms with Gasteiger partial charge in [-0.1, -0.05) is 19.9 Å². The van der Waals surface area contributed by atoms with Crippen molar-refractivity contribution in [1.82, 2.24) is 0 Å². The molecule has 1 aromatic carbocycles. The predicted octanol–water partition coefficient (Wildman–Crippen LogP) is 3.79. The second-order valence-corrected chi connectivity index (χ2v) is 5.78. The van der Waals surface area contributed by atoms with Crippen LogP contribution in [0.2, 0.25) is 0 Å². The van der Waals surface area contributed by atoms with Crippen LogP contribution in [-0.4, -0.2) is 19.3 Å². The normalized spacial score (nSPS) is 12.5. The van der Waals surface area contributed by atoms with Crippen LogP contribution in [0, 0.1) is 5.92 Å². The second kappa shape index (κ2) is 8.85. The first-order valence-electron chi connectivity index (χ1n) is 7.67. The average Bonchev–Trinajstić information content (AvgIpc) is 2.36. The molecule has 20 heavy (non-hydrogen) atoms. The Hall–Kier alpha value is -1.22. The van der Waals surface area contributed by atoms with Crippen LogP contribution < -0.4 is 15.2 Å². The van der Waals surface area contributed by atoms with E-state index < -0.39 is 0 Å². The molecule has 0 saturated heterocycles. The molecule has 0 heterocycles. The van der Waals surface area contributed by atoms with E-state index in [1.807, 2.05) is 26.0 Å². The Labute approximate surface area is 123 Å². The molecule has 1 aromatic rings. The highest BCUT2D eigenvalue weighted by Crippen LogP contribution is 2.29. The van der Waals surface area contributed by atoms with Crippen LogP contribution in [0.3, 0.4) is 0 Å². The van der Waals surface area contributed by atoms with Crippen LogP contribution in [0.4, 0.5) is 0 Å². The van der Waals surface area contributed by atoms with E-state index in [1.54, 1.807) is 0 Å². The molecule has 1 unspecified atom stereocenters. The second-order valence-electron chi connectivity index (χ2n) is 5.78. The van der Waals surface area contributed by atoms with Gasteiger partial charge in [-0.2, -0.15) is 0 Å². The van der Waals surface area contributed by atoms with Crippen LogP contribution in [0.15, 0.2) is 18.2 Å². The Morgan fingerprint density at radius 1 is 1.10 bits per heavy atom. The molecule has 1 atom stereocenters. The smallest absolute Gasteiger partial charge is 0.161 e. The third-order valence-corrected chi connectivity index (χ3v) is 3.05. The molecule has 114 valence electrons. The van der Waals surface area contributed by atoms with Gasteiger partial charge >= 0.3 is 0 Å². The number of benzene rings is 1. The fourth-order valence-electron chi connectivity index (χ4n) is 2.11. The zero-order valence-corrected chi connectivity index (χ0v) is 13.3. The summed E-state index contributed by atoms with van der Waals surface area (Å²) < 4.78 is 11.5. The van der Waals surface area contributed by atoms with Crippen LogP contribution >= 0.6 is 0 Å². The molecule has 1 rings (SSSR count). The Balaban J connectivity index is 2.64. The SMILES string of the molecule is CCOc1cc(CC(C)N)ccc1OCCCC(C)C. The largest absolute Gasteiger partial charge is 0.490 e. The van der Waals surface area contributed by atoms with E-state index in [-0.39, 0.29) is 6.04 Å². The van der Waals surface area contributed by atoms with Crippen molar-refractivity contribution in [1.29, 1.82) is 0 Å². The lowest BCUT2D eigenvalue weighted by molar-refractivity contribution is 0.266. The lowest BCUT2D eigenvalue weighted by Gasteiger charge is -2.14. The van der Waals surface area contributed by atoms with E-state index in [4.69, 9.17) is 15.2 Å². The van der Waals surface area contributed by atoms with Gasteiger partial charge < -0.3 is 15.2 Å². The summed E-state index contributed by atoms with van der Waals surface area (Å²) in [5.74, 6) is 2.39. The summed E-state index contributed by atoms with van der Waals surface area (Å²) in [4.78, 5) is 0. The van der Waals surface area contributed by atoms with Crippen molar-refractivity contribution in [2.24, 2.45) is 11.7 Å². The molecule has 0 amide bonds. The Morgan fingerprint density at radius 2 is 1.85 bits per heavy atom. The monoisotopic (exact) mass is 279 g/mol. The maximum atomic E-state index is 5.84. The number of rotatable bonds is 9. The maximum absolute atomic E-state index is 5.84. The Kier molecular flexibility index (Phi) is 7.45. The third-order valence-electron chi connectivity index (χ3n) is 3.05. The number of hydrogen-bond donors (Lipinski definition) is 1. The van der Waals surface area contributed by atoms with E-state index >= 15 is 0 Å². The summed E-state index contributed by atoms with van der Waals surface area (Å²) in [7, 11) is 0. The molecule has 3 heteroatoms. The molecule has 0 radical (unpaired) electrons. The highest BCUT2D eigenvalue weighted by molar-refractivity contribution is 5.43. The molecule has 0 aromatic heterocycles. The zero-order chi connectivity index (χ0) is 15.0. The first-order chi connectivity index (χ1) is 9.52. The van der Waals surface area contributed by atoms with E-state index in [0.29, 0.717) is 6.61 Å². The fourth-order valence-corrected chi connectivity index (χ4v) is 2.11. The van der Waals surface area contributed by atoms with Gasteiger partial charge in [-0.05, 0) is 56.7 Å². The van der Waals surface area contributed by atoms with Crippen LogP contribution in [-0.2, 0) is 6.42 Å². The molecule has 3 nitrogen and oxygen atoms in total. The van der Waals surface area contributed by atoms with E-state index in [1.165, 1.54) is 12.0 Å². The molecule has 0 aliphatic carbocycles. The van der Waals surface area contributed by atoms with Gasteiger partial charge in [-0.25, -0.2) is 0 Å². The van der Waals surface area contributed by atoms with Gasteiger partial charge in [0, 0.05) is 6.04 Å². The standard InChI is InChI=1S/C17H29NO2/c1-5-19-17-12-15(11-14(4)18)8-9-16(17)20-10-6-7-13(2)3/h8-9,12-14H,5-7,10-11,18H2,1-4H3. The number of ether oxygens (including phenoxy) is 2. The molecule has 0 bridgehead atoms. The van der Waals surface area contributed by atoms with Crippen molar-refractivity contribution in [2.45, 2.75) is 53.0 Å². The summed E-state index contributed by atoms with van der Waals surface area (Å²) >= 11 is 0. The molecule has 0 spiro atoms. The number of nitrogens with two attached hydrogens (primary N) is 1. The van der Waals surface area contributed by atoms with Gasteiger partial charge in [-0.15, -0.1) is 0 Å². The molecule has 0 fully saturated rings. The summed E-state index contributed by atoms with van der Waals surface area (Å²) in [6.07, 6.45) is 3.12. The highest BCUT2D eigenvalue weighted by Gasteiger charge is 2.08. The minimum atomic E-state index is 0.155. The molecule has 2 N–H and O–H groups in total. The van der Waals surface area contributed by atoms with Gasteiger partial charge in [0.2, 0.25) is 0 Å². The summed E-state index contributed by atoms with van der Waals surface area (Å²) in [5, 5.41) is 0. The van der Waals surface area contributed by atoms with Crippen molar-refractivity contribution in [3.05, 3.63) is 23.8 Å². The minimum Gasteiger partial charge on any atom is -0.490 e. The van der Waals surface area contributed by atoms with Gasteiger partial charge in [0.05, 0.1) is 13.2 Å². The molecular formula is C17H29NO2. The molecule has 0 saturated carbocycles. The van der Waals surface area contributed by atoms with Gasteiger partial charge in [0.1, 0.15) is 0 Å². The summed E-state index contributed by atoms with van der Waals surface area (Å²) in [5.41, 5.74) is 7.03. The zero-order valence-electron chi connectivity index (χ0n) is 13.3. The van der Waals surface area contributed by atoms with Crippen molar-refractivity contribution < 1.29 is 9.47 Å². The quantitative estimate of drug-likeness (QED) is 0.699. The lowest BCUT2D eigenvalue weighted by Crippen LogP contribution is -2.17. The minimum absolute atomic E-state index is 0.155. The molecule has 0 aliphatic rings. The van der Waals surface area contributed by atoms with Crippen LogP contribution in [0.1, 0.15) is 46.1 Å².